The summed E-state index contributed by atoms with van der Waals surface area (Å²) >= 11 is 0. The molecule has 6 heteroatoms. The van der Waals surface area contributed by atoms with Crippen molar-refractivity contribution >= 4 is 11.9 Å². The second kappa shape index (κ2) is 7.38. The predicted molar refractivity (Wildman–Crippen MR) is 69.4 cm³/mol. The Morgan fingerprint density at radius 2 is 2.00 bits per heavy atom. The number of aromatic hydroxyl groups is 1. The third-order valence-electron chi connectivity index (χ3n) is 2.58. The lowest BCUT2D eigenvalue weighted by Crippen LogP contribution is -2.42. The summed E-state index contributed by atoms with van der Waals surface area (Å²) < 4.78 is 4.45. The lowest BCUT2D eigenvalue weighted by molar-refractivity contribution is -0.140. The maximum atomic E-state index is 11.6. The minimum absolute atomic E-state index is 0.119. The van der Waals surface area contributed by atoms with Gasteiger partial charge in [-0.2, -0.15) is 0 Å². The fourth-order valence-corrected chi connectivity index (χ4v) is 1.50. The highest BCUT2D eigenvalue weighted by molar-refractivity contribution is 5.82. The lowest BCUT2D eigenvalue weighted by atomic mass is 10.1. The van der Waals surface area contributed by atoms with Gasteiger partial charge in [0, 0.05) is 6.54 Å². The van der Waals surface area contributed by atoms with Gasteiger partial charge in [0.1, 0.15) is 5.75 Å². The van der Waals surface area contributed by atoms with Crippen LogP contribution in [-0.2, 0) is 20.7 Å². The third-order valence-corrected chi connectivity index (χ3v) is 2.58. The molecule has 6 nitrogen and oxygen atoms in total. The Morgan fingerprint density at radius 1 is 1.37 bits per heavy atom. The van der Waals surface area contributed by atoms with Gasteiger partial charge in [-0.3, -0.25) is 9.59 Å². The summed E-state index contributed by atoms with van der Waals surface area (Å²) in [7, 11) is 1.29. The van der Waals surface area contributed by atoms with Crippen LogP contribution >= 0.6 is 0 Å². The third kappa shape index (κ3) is 5.39. The van der Waals surface area contributed by atoms with Crippen molar-refractivity contribution in [1.29, 1.82) is 0 Å². The largest absolute Gasteiger partial charge is 0.508 e. The maximum Gasteiger partial charge on any atom is 0.307 e. The second-order valence-electron chi connectivity index (χ2n) is 4.09. The van der Waals surface area contributed by atoms with Gasteiger partial charge in [-0.15, -0.1) is 0 Å². The van der Waals surface area contributed by atoms with Gasteiger partial charge in [-0.25, -0.2) is 0 Å². The predicted octanol–water partition coefficient (Wildman–Crippen LogP) is -0.0587. The first-order valence-corrected chi connectivity index (χ1v) is 5.91. The first-order valence-electron chi connectivity index (χ1n) is 5.91. The Balaban J connectivity index is 2.36. The molecule has 1 unspecified atom stereocenters. The summed E-state index contributed by atoms with van der Waals surface area (Å²) in [4.78, 5) is 22.5. The zero-order chi connectivity index (χ0) is 14.3. The fourth-order valence-electron chi connectivity index (χ4n) is 1.50. The first kappa shape index (κ1) is 15.0. The molecule has 0 spiro atoms. The monoisotopic (exact) mass is 266 g/mol. The molecule has 0 aliphatic heterocycles. The number of ether oxygens (including phenoxy) is 1. The van der Waals surface area contributed by atoms with E-state index in [4.69, 9.17) is 10.8 Å². The minimum Gasteiger partial charge on any atom is -0.508 e. The smallest absolute Gasteiger partial charge is 0.307 e. The molecule has 0 saturated carbocycles. The van der Waals surface area contributed by atoms with Crippen LogP contribution in [0.5, 0.6) is 5.75 Å². The van der Waals surface area contributed by atoms with Crippen LogP contribution in [0.1, 0.15) is 12.0 Å². The Bertz CT molecular complexity index is 431. The topological polar surface area (TPSA) is 102 Å². The molecule has 104 valence electrons. The van der Waals surface area contributed by atoms with Crippen molar-refractivity contribution in [3.05, 3.63) is 29.8 Å². The summed E-state index contributed by atoms with van der Waals surface area (Å²) in [6.45, 7) is 0.203. The van der Waals surface area contributed by atoms with Crippen molar-refractivity contribution < 1.29 is 19.4 Å². The van der Waals surface area contributed by atoms with E-state index in [2.05, 4.69) is 10.1 Å². The molecule has 0 heterocycles. The molecule has 0 aliphatic rings. The van der Waals surface area contributed by atoms with Gasteiger partial charge < -0.3 is 20.9 Å². The van der Waals surface area contributed by atoms with E-state index in [-0.39, 0.29) is 30.6 Å². The number of carbonyl (C=O) groups excluding carboxylic acids is 2. The molecule has 1 amide bonds. The summed E-state index contributed by atoms with van der Waals surface area (Å²) in [6.07, 6.45) is 0.485. The van der Waals surface area contributed by atoms with Crippen LogP contribution in [0.4, 0.5) is 0 Å². The van der Waals surface area contributed by atoms with Crippen LogP contribution in [0.25, 0.3) is 0 Å². The number of methoxy groups -OCH3 is 1. The van der Waals surface area contributed by atoms with Crippen molar-refractivity contribution in [3.63, 3.8) is 0 Å². The Hall–Kier alpha value is -2.08. The summed E-state index contributed by atoms with van der Waals surface area (Å²) in [5.41, 5.74) is 6.60. The number of esters is 1. The summed E-state index contributed by atoms with van der Waals surface area (Å²) in [5.74, 6) is -0.538. The van der Waals surface area contributed by atoms with Gasteiger partial charge in [0.2, 0.25) is 5.91 Å². The molecule has 1 aromatic carbocycles. The zero-order valence-electron chi connectivity index (χ0n) is 10.8. The van der Waals surface area contributed by atoms with Crippen LogP contribution in [0.15, 0.2) is 24.3 Å². The van der Waals surface area contributed by atoms with Crippen molar-refractivity contribution in [2.45, 2.75) is 18.9 Å². The lowest BCUT2D eigenvalue weighted by Gasteiger charge is -2.12. The summed E-state index contributed by atoms with van der Waals surface area (Å²) in [5, 5.41) is 11.7. The number of carbonyl (C=O) groups is 2. The summed E-state index contributed by atoms with van der Waals surface area (Å²) in [6, 6.07) is 5.80. The Labute approximate surface area is 111 Å². The number of phenolic OH excluding ortho intramolecular Hbond substituents is 1. The number of amides is 1. The number of hydrogen-bond acceptors (Lipinski definition) is 5. The van der Waals surface area contributed by atoms with Crippen molar-refractivity contribution in [2.75, 3.05) is 13.7 Å². The van der Waals surface area contributed by atoms with E-state index in [9.17, 15) is 9.59 Å². The molecule has 0 aromatic heterocycles. The SMILES string of the molecule is COC(=O)CCNC(=O)C(N)Cc1ccc(O)cc1. The van der Waals surface area contributed by atoms with Gasteiger partial charge in [-0.05, 0) is 24.1 Å². The van der Waals surface area contributed by atoms with Crippen LogP contribution < -0.4 is 11.1 Å². The standard InChI is InChI=1S/C13H18N2O4/c1-19-12(17)6-7-15-13(18)11(14)8-9-2-4-10(16)5-3-9/h2-5,11,16H,6-8,14H2,1H3,(H,15,18). The highest BCUT2D eigenvalue weighted by Gasteiger charge is 2.14. The molecular weight excluding hydrogens is 248 g/mol. The minimum atomic E-state index is -0.692. The van der Waals surface area contributed by atoms with Gasteiger partial charge in [0.05, 0.1) is 19.6 Å². The van der Waals surface area contributed by atoms with Crippen LogP contribution in [-0.4, -0.2) is 36.7 Å². The molecule has 1 rings (SSSR count). The molecule has 1 aromatic rings. The highest BCUT2D eigenvalue weighted by atomic mass is 16.5. The molecule has 0 bridgehead atoms. The average molecular weight is 266 g/mol. The molecule has 19 heavy (non-hydrogen) atoms. The van der Waals surface area contributed by atoms with E-state index in [1.165, 1.54) is 19.2 Å². The number of nitrogens with two attached hydrogens (primary N) is 1. The van der Waals surface area contributed by atoms with E-state index < -0.39 is 6.04 Å². The maximum absolute atomic E-state index is 11.6. The number of rotatable bonds is 6. The van der Waals surface area contributed by atoms with Crippen LogP contribution in [0, 0.1) is 0 Å². The average Bonchev–Trinajstić information content (AvgIpc) is 2.40. The van der Waals surface area contributed by atoms with E-state index in [0.29, 0.717) is 6.42 Å². The molecular formula is C13H18N2O4. The van der Waals surface area contributed by atoms with Crippen molar-refractivity contribution in [2.24, 2.45) is 5.73 Å². The molecule has 4 N–H and O–H groups in total. The number of hydrogen-bond donors (Lipinski definition) is 3. The number of nitrogens with one attached hydrogen (secondary N) is 1. The van der Waals surface area contributed by atoms with Crippen LogP contribution in [0.3, 0.4) is 0 Å². The second-order valence-corrected chi connectivity index (χ2v) is 4.09. The van der Waals surface area contributed by atoms with Gasteiger partial charge >= 0.3 is 5.97 Å². The first-order chi connectivity index (χ1) is 9.02. The van der Waals surface area contributed by atoms with Gasteiger partial charge in [0.15, 0.2) is 0 Å². The van der Waals surface area contributed by atoms with Crippen LogP contribution in [0.2, 0.25) is 0 Å². The number of benzene rings is 1. The molecule has 0 radical (unpaired) electrons. The van der Waals surface area contributed by atoms with E-state index in [0.717, 1.165) is 5.56 Å². The van der Waals surface area contributed by atoms with Gasteiger partial charge in [-0.1, -0.05) is 12.1 Å². The molecule has 1 atom stereocenters. The fraction of sp³-hybridized carbons (Fsp3) is 0.385. The number of phenols is 1. The Morgan fingerprint density at radius 3 is 2.58 bits per heavy atom. The molecule has 0 aliphatic carbocycles. The highest BCUT2D eigenvalue weighted by Crippen LogP contribution is 2.10. The quantitative estimate of drug-likeness (QED) is 0.626. The van der Waals surface area contributed by atoms with E-state index in [1.807, 2.05) is 0 Å². The Kier molecular flexibility index (Phi) is 5.81. The van der Waals surface area contributed by atoms with Crippen molar-refractivity contribution in [3.8, 4) is 5.75 Å². The van der Waals surface area contributed by atoms with Gasteiger partial charge in [0.25, 0.3) is 0 Å². The molecule has 0 fully saturated rings. The van der Waals surface area contributed by atoms with E-state index >= 15 is 0 Å². The molecule has 0 saturated heterocycles. The van der Waals surface area contributed by atoms with Crippen molar-refractivity contribution in [1.82, 2.24) is 5.32 Å². The normalized spacial score (nSPS) is 11.7. The zero-order valence-corrected chi connectivity index (χ0v) is 10.8. The van der Waals surface area contributed by atoms with E-state index in [1.54, 1.807) is 12.1 Å².